The highest BCUT2D eigenvalue weighted by Crippen LogP contribution is 2.35. The number of pyridine rings is 1. The molecule has 0 aliphatic carbocycles. The van der Waals surface area contributed by atoms with E-state index in [9.17, 15) is 9.59 Å². The first-order valence-corrected chi connectivity index (χ1v) is 9.95. The molecule has 0 saturated carbocycles. The summed E-state index contributed by atoms with van der Waals surface area (Å²) in [6.45, 7) is 3.22. The number of hydrogen-bond acceptors (Lipinski definition) is 4. The lowest BCUT2D eigenvalue weighted by molar-refractivity contribution is -0.125. The highest BCUT2D eigenvalue weighted by Gasteiger charge is 2.40. The van der Waals surface area contributed by atoms with Crippen LogP contribution in [0.4, 0.5) is 0 Å². The highest BCUT2D eigenvalue weighted by molar-refractivity contribution is 6.04. The normalized spacial score (nSPS) is 15.0. The van der Waals surface area contributed by atoms with Gasteiger partial charge in [0.05, 0.1) is 6.61 Å². The summed E-state index contributed by atoms with van der Waals surface area (Å²) in [5, 5.41) is 2.95. The molecular formula is C24H23N3O3. The Balaban J connectivity index is 1.56. The van der Waals surface area contributed by atoms with E-state index in [4.69, 9.17) is 4.74 Å². The van der Waals surface area contributed by atoms with Crippen LogP contribution < -0.4 is 10.1 Å². The molecule has 30 heavy (non-hydrogen) atoms. The molecule has 0 spiro atoms. The predicted octanol–water partition coefficient (Wildman–Crippen LogP) is 3.49. The smallest absolute Gasteiger partial charge is 0.255 e. The van der Waals surface area contributed by atoms with E-state index < -0.39 is 6.04 Å². The van der Waals surface area contributed by atoms with Crippen LogP contribution >= 0.6 is 0 Å². The van der Waals surface area contributed by atoms with Gasteiger partial charge in [-0.1, -0.05) is 36.4 Å². The van der Waals surface area contributed by atoms with Crippen LogP contribution in [0.3, 0.4) is 0 Å². The van der Waals surface area contributed by atoms with E-state index in [0.717, 1.165) is 22.4 Å². The number of fused-ring (bicyclic) bond motifs is 1. The maximum Gasteiger partial charge on any atom is 0.255 e. The first-order valence-electron chi connectivity index (χ1n) is 9.95. The number of carbonyl (C=O) groups is 2. The van der Waals surface area contributed by atoms with Gasteiger partial charge in [0.1, 0.15) is 11.8 Å². The zero-order valence-electron chi connectivity index (χ0n) is 16.7. The van der Waals surface area contributed by atoms with Crippen LogP contribution in [-0.4, -0.2) is 28.3 Å². The molecule has 6 heteroatoms. The average molecular weight is 401 g/mol. The topological polar surface area (TPSA) is 71.5 Å². The van der Waals surface area contributed by atoms with Gasteiger partial charge in [-0.25, -0.2) is 0 Å². The van der Waals surface area contributed by atoms with Gasteiger partial charge in [-0.3, -0.25) is 14.6 Å². The zero-order chi connectivity index (χ0) is 20.9. The van der Waals surface area contributed by atoms with Crippen molar-refractivity contribution in [1.29, 1.82) is 0 Å². The first kappa shape index (κ1) is 19.6. The number of nitrogens with zero attached hydrogens (tertiary/aromatic N) is 2. The van der Waals surface area contributed by atoms with Crippen molar-refractivity contribution in [3.8, 4) is 5.75 Å². The van der Waals surface area contributed by atoms with Crippen molar-refractivity contribution in [2.75, 3.05) is 6.61 Å². The Morgan fingerprint density at radius 3 is 2.60 bits per heavy atom. The van der Waals surface area contributed by atoms with Gasteiger partial charge in [-0.15, -0.1) is 0 Å². The van der Waals surface area contributed by atoms with Gasteiger partial charge in [-0.2, -0.15) is 0 Å². The van der Waals surface area contributed by atoms with E-state index in [1.807, 2.05) is 61.5 Å². The van der Waals surface area contributed by atoms with Crippen molar-refractivity contribution in [3.05, 3.63) is 95.3 Å². The van der Waals surface area contributed by atoms with Crippen molar-refractivity contribution < 1.29 is 14.3 Å². The molecule has 0 bridgehead atoms. The number of aromatic nitrogens is 1. The van der Waals surface area contributed by atoms with Crippen molar-refractivity contribution in [2.24, 2.45) is 0 Å². The molecule has 0 unspecified atom stereocenters. The lowest BCUT2D eigenvalue weighted by Crippen LogP contribution is -2.38. The number of ether oxygens (including phenoxy) is 1. The molecule has 0 saturated heterocycles. The van der Waals surface area contributed by atoms with E-state index in [1.54, 1.807) is 23.4 Å². The number of carbonyl (C=O) groups excluding carboxylic acids is 2. The van der Waals surface area contributed by atoms with Crippen molar-refractivity contribution in [2.45, 2.75) is 26.1 Å². The van der Waals surface area contributed by atoms with Crippen molar-refractivity contribution in [3.63, 3.8) is 0 Å². The summed E-state index contributed by atoms with van der Waals surface area (Å²) < 4.78 is 5.49. The fourth-order valence-corrected chi connectivity index (χ4v) is 3.66. The van der Waals surface area contributed by atoms with Crippen LogP contribution in [0.15, 0.2) is 73.1 Å². The molecule has 0 fully saturated rings. The Bertz CT molecular complexity index is 1040. The van der Waals surface area contributed by atoms with Crippen LogP contribution in [-0.2, 0) is 17.9 Å². The second-order valence-electron chi connectivity index (χ2n) is 7.08. The van der Waals surface area contributed by atoms with E-state index >= 15 is 0 Å². The largest absolute Gasteiger partial charge is 0.494 e. The Morgan fingerprint density at radius 1 is 1.07 bits per heavy atom. The molecule has 152 valence electrons. The predicted molar refractivity (Wildman–Crippen MR) is 113 cm³/mol. The zero-order valence-corrected chi connectivity index (χ0v) is 16.7. The van der Waals surface area contributed by atoms with Crippen LogP contribution in [0.5, 0.6) is 5.75 Å². The first-order chi connectivity index (χ1) is 14.7. The van der Waals surface area contributed by atoms with Gasteiger partial charge in [0.2, 0.25) is 5.91 Å². The Morgan fingerprint density at radius 2 is 1.87 bits per heavy atom. The number of nitrogens with one attached hydrogen (secondary N) is 1. The molecule has 1 aromatic heterocycles. The van der Waals surface area contributed by atoms with Crippen molar-refractivity contribution >= 4 is 11.8 Å². The van der Waals surface area contributed by atoms with Gasteiger partial charge >= 0.3 is 0 Å². The number of rotatable bonds is 7. The third kappa shape index (κ3) is 4.03. The molecule has 4 rings (SSSR count). The summed E-state index contributed by atoms with van der Waals surface area (Å²) >= 11 is 0. The molecule has 2 heterocycles. The summed E-state index contributed by atoms with van der Waals surface area (Å²) in [7, 11) is 0. The molecule has 1 aliphatic rings. The fourth-order valence-electron chi connectivity index (χ4n) is 3.66. The molecule has 1 atom stereocenters. The summed E-state index contributed by atoms with van der Waals surface area (Å²) in [5.41, 5.74) is 3.15. The molecule has 2 aromatic carbocycles. The maximum absolute atomic E-state index is 13.1. The second kappa shape index (κ2) is 8.78. The third-order valence-corrected chi connectivity index (χ3v) is 5.08. The molecule has 6 nitrogen and oxygen atoms in total. The summed E-state index contributed by atoms with van der Waals surface area (Å²) in [4.78, 5) is 31.9. The third-order valence-electron chi connectivity index (χ3n) is 5.08. The average Bonchev–Trinajstić information content (AvgIpc) is 3.06. The van der Waals surface area contributed by atoms with E-state index in [2.05, 4.69) is 10.3 Å². The number of benzene rings is 2. The Labute approximate surface area is 175 Å². The second-order valence-corrected chi connectivity index (χ2v) is 7.08. The quantitative estimate of drug-likeness (QED) is 0.658. The minimum atomic E-state index is -0.670. The van der Waals surface area contributed by atoms with Crippen LogP contribution in [0.25, 0.3) is 0 Å². The standard InChI is InChI=1S/C24H23N3O3/c1-2-30-19-11-9-17(10-12-19)16-27-22(20-7-3-4-8-21(20)24(27)29)23(28)26-15-18-6-5-13-25-14-18/h3-14,22H,2,15-16H2,1H3,(H,26,28)/t22-/m0/s1. The van der Waals surface area contributed by atoms with Gasteiger partial charge in [0.15, 0.2) is 0 Å². The van der Waals surface area contributed by atoms with Crippen LogP contribution in [0.1, 0.15) is 40.0 Å². The van der Waals surface area contributed by atoms with Crippen LogP contribution in [0.2, 0.25) is 0 Å². The fraction of sp³-hybridized carbons (Fsp3) is 0.208. The van der Waals surface area contributed by atoms with Crippen molar-refractivity contribution in [1.82, 2.24) is 15.2 Å². The molecule has 1 aliphatic heterocycles. The van der Waals surface area contributed by atoms with Gasteiger partial charge in [0, 0.05) is 31.0 Å². The maximum atomic E-state index is 13.1. The molecule has 1 N–H and O–H groups in total. The lowest BCUT2D eigenvalue weighted by atomic mass is 10.0. The highest BCUT2D eigenvalue weighted by atomic mass is 16.5. The Hall–Kier alpha value is -3.67. The van der Waals surface area contributed by atoms with Gasteiger partial charge < -0.3 is 15.0 Å². The monoisotopic (exact) mass is 401 g/mol. The molecular weight excluding hydrogens is 378 g/mol. The molecule has 3 aromatic rings. The lowest BCUT2D eigenvalue weighted by Gasteiger charge is -2.25. The molecule has 2 amide bonds. The van der Waals surface area contributed by atoms with Gasteiger partial charge in [0.25, 0.3) is 5.91 Å². The van der Waals surface area contributed by atoms with E-state index in [1.165, 1.54) is 0 Å². The van der Waals surface area contributed by atoms with Gasteiger partial charge in [-0.05, 0) is 47.9 Å². The minimum absolute atomic E-state index is 0.138. The SMILES string of the molecule is CCOc1ccc(CN2C(=O)c3ccccc3[C@H]2C(=O)NCc2cccnc2)cc1. The summed E-state index contributed by atoms with van der Waals surface area (Å²) in [6, 6.07) is 18.0. The minimum Gasteiger partial charge on any atom is -0.494 e. The molecule has 0 radical (unpaired) electrons. The van der Waals surface area contributed by atoms with E-state index in [0.29, 0.717) is 25.3 Å². The summed E-state index contributed by atoms with van der Waals surface area (Å²) in [5.74, 6) is 0.437. The number of amides is 2. The van der Waals surface area contributed by atoms with Crippen LogP contribution in [0, 0.1) is 0 Å². The summed E-state index contributed by atoms with van der Waals surface area (Å²) in [6.07, 6.45) is 3.40. The van der Waals surface area contributed by atoms with E-state index in [-0.39, 0.29) is 11.8 Å². The number of hydrogen-bond donors (Lipinski definition) is 1. The Kier molecular flexibility index (Phi) is 5.75.